The quantitative estimate of drug-likeness (QED) is 0.690. The number of nitrogens with zero attached hydrogens (tertiary/aromatic N) is 2. The van der Waals surface area contributed by atoms with Crippen molar-refractivity contribution in [2.75, 3.05) is 26.2 Å². The number of fused-ring (bicyclic) bond motifs is 1. The van der Waals surface area contributed by atoms with Crippen molar-refractivity contribution in [1.82, 2.24) is 20.7 Å². The molecule has 1 aliphatic carbocycles. The number of ether oxygens (including phenoxy) is 1. The largest absolute Gasteiger partial charge is 0.452 e. The molecule has 3 fully saturated rings. The number of esters is 1. The molecule has 2 heterocycles. The molecule has 4 unspecified atom stereocenters. The molecule has 2 N–H and O–H groups in total. The second-order valence-electron chi connectivity index (χ2n) is 8.87. The molecule has 0 radical (unpaired) electrons. The van der Waals surface area contributed by atoms with E-state index in [2.05, 4.69) is 40.0 Å². The molecule has 164 valence electrons. The summed E-state index contributed by atoms with van der Waals surface area (Å²) in [6.45, 7) is 5.61. The molecular weight excluding hydrogens is 380 g/mol. The van der Waals surface area contributed by atoms with Gasteiger partial charge < -0.3 is 9.64 Å². The maximum absolute atomic E-state index is 12.8. The number of hydrogen-bond donors (Lipinski definition) is 2. The van der Waals surface area contributed by atoms with Crippen LogP contribution in [0.2, 0.25) is 0 Å². The van der Waals surface area contributed by atoms with E-state index in [1.807, 2.05) is 11.0 Å². The molecule has 1 saturated carbocycles. The average molecular weight is 415 g/mol. The van der Waals surface area contributed by atoms with Gasteiger partial charge in [-0.15, -0.1) is 0 Å². The number of piperazine rings is 1. The smallest absolute Gasteiger partial charge is 0.308 e. The van der Waals surface area contributed by atoms with E-state index in [0.717, 1.165) is 32.5 Å². The minimum atomic E-state index is -0.727. The number of amides is 1. The van der Waals surface area contributed by atoms with E-state index in [0.29, 0.717) is 31.5 Å². The number of carbonyl (C=O) groups excluding carboxylic acids is 2. The first-order valence-corrected chi connectivity index (χ1v) is 11.4. The SMILES string of the molecule is CC(OC(=O)CC1NNC2CCCCC21)C(=O)N1CCN(Cc2ccccc2)CC1. The van der Waals surface area contributed by atoms with Crippen LogP contribution < -0.4 is 10.9 Å². The molecule has 1 aromatic rings. The summed E-state index contributed by atoms with van der Waals surface area (Å²) in [6, 6.07) is 10.9. The molecule has 1 aromatic carbocycles. The fourth-order valence-corrected chi connectivity index (χ4v) is 5.04. The maximum Gasteiger partial charge on any atom is 0.308 e. The molecule has 4 rings (SSSR count). The fraction of sp³-hybridized carbons (Fsp3) is 0.652. The van der Waals surface area contributed by atoms with E-state index >= 15 is 0 Å². The van der Waals surface area contributed by atoms with Gasteiger partial charge >= 0.3 is 5.97 Å². The molecule has 7 heteroatoms. The number of carbonyl (C=O) groups is 2. The van der Waals surface area contributed by atoms with E-state index in [-0.39, 0.29) is 17.9 Å². The number of hydrogen-bond acceptors (Lipinski definition) is 6. The molecule has 2 aliphatic heterocycles. The second kappa shape index (κ2) is 9.90. The Morgan fingerprint density at radius 3 is 2.57 bits per heavy atom. The van der Waals surface area contributed by atoms with Crippen LogP contribution in [0.25, 0.3) is 0 Å². The number of hydrazine groups is 1. The Morgan fingerprint density at radius 1 is 1.07 bits per heavy atom. The molecule has 4 atom stereocenters. The summed E-state index contributed by atoms with van der Waals surface area (Å²) in [5.41, 5.74) is 7.88. The Labute approximate surface area is 179 Å². The third kappa shape index (κ3) is 5.20. The van der Waals surface area contributed by atoms with Crippen LogP contribution in [0.1, 0.15) is 44.6 Å². The topological polar surface area (TPSA) is 73.9 Å². The number of nitrogens with one attached hydrogen (secondary N) is 2. The van der Waals surface area contributed by atoms with E-state index in [1.54, 1.807) is 6.92 Å². The lowest BCUT2D eigenvalue weighted by molar-refractivity contribution is -0.160. The second-order valence-corrected chi connectivity index (χ2v) is 8.87. The van der Waals surface area contributed by atoms with Gasteiger partial charge in [0.1, 0.15) is 0 Å². The summed E-state index contributed by atoms with van der Waals surface area (Å²) < 4.78 is 5.52. The van der Waals surface area contributed by atoms with Crippen LogP contribution in [0.3, 0.4) is 0 Å². The van der Waals surface area contributed by atoms with Crippen molar-refractivity contribution in [3.05, 3.63) is 35.9 Å². The lowest BCUT2D eigenvalue weighted by Gasteiger charge is -2.35. The van der Waals surface area contributed by atoms with Gasteiger partial charge in [-0.25, -0.2) is 0 Å². The van der Waals surface area contributed by atoms with Crippen molar-refractivity contribution < 1.29 is 14.3 Å². The Balaban J connectivity index is 1.20. The van der Waals surface area contributed by atoms with Gasteiger partial charge in [0.25, 0.3) is 5.91 Å². The van der Waals surface area contributed by atoms with Crippen LogP contribution in [0, 0.1) is 5.92 Å². The van der Waals surface area contributed by atoms with Gasteiger partial charge in [-0.1, -0.05) is 43.2 Å². The summed E-state index contributed by atoms with van der Waals surface area (Å²) in [7, 11) is 0. The Morgan fingerprint density at radius 2 is 1.80 bits per heavy atom. The molecule has 30 heavy (non-hydrogen) atoms. The predicted octanol–water partition coefficient (Wildman–Crippen LogP) is 1.69. The van der Waals surface area contributed by atoms with E-state index < -0.39 is 6.10 Å². The van der Waals surface area contributed by atoms with E-state index in [1.165, 1.54) is 18.4 Å². The van der Waals surface area contributed by atoms with Crippen LogP contribution in [-0.4, -0.2) is 66.0 Å². The van der Waals surface area contributed by atoms with Crippen molar-refractivity contribution in [3.63, 3.8) is 0 Å². The van der Waals surface area contributed by atoms with Crippen molar-refractivity contribution in [3.8, 4) is 0 Å². The van der Waals surface area contributed by atoms with Crippen LogP contribution in [0.15, 0.2) is 30.3 Å². The lowest BCUT2D eigenvalue weighted by Crippen LogP contribution is -2.51. The molecular formula is C23H34N4O3. The third-order valence-corrected chi connectivity index (χ3v) is 6.77. The number of benzene rings is 1. The molecule has 0 spiro atoms. The zero-order valence-electron chi connectivity index (χ0n) is 17.9. The van der Waals surface area contributed by atoms with E-state index in [9.17, 15) is 9.59 Å². The van der Waals surface area contributed by atoms with Crippen molar-refractivity contribution >= 4 is 11.9 Å². The fourth-order valence-electron chi connectivity index (χ4n) is 5.04. The van der Waals surface area contributed by atoms with Crippen LogP contribution in [0.4, 0.5) is 0 Å². The van der Waals surface area contributed by atoms with Crippen LogP contribution in [-0.2, 0) is 20.9 Å². The standard InChI is InChI=1S/C23H34N4O3/c1-17(30-22(28)15-21-19-9-5-6-10-20(19)24-25-21)23(29)27-13-11-26(12-14-27)16-18-7-3-2-4-8-18/h2-4,7-8,17,19-21,24-25H,5-6,9-16H2,1H3. The van der Waals surface area contributed by atoms with E-state index in [4.69, 9.17) is 4.74 Å². The van der Waals surface area contributed by atoms with Gasteiger partial charge in [-0.3, -0.25) is 25.3 Å². The minimum Gasteiger partial charge on any atom is -0.452 e. The van der Waals surface area contributed by atoms with Gasteiger partial charge in [0.2, 0.25) is 0 Å². The molecule has 0 bridgehead atoms. The summed E-state index contributed by atoms with van der Waals surface area (Å²) in [5.74, 6) is 0.106. The first-order chi connectivity index (χ1) is 14.6. The summed E-state index contributed by atoms with van der Waals surface area (Å²) >= 11 is 0. The first-order valence-electron chi connectivity index (χ1n) is 11.4. The lowest BCUT2D eigenvalue weighted by atomic mass is 9.81. The normalized spacial score (nSPS) is 28.0. The first kappa shape index (κ1) is 21.3. The maximum atomic E-state index is 12.8. The molecule has 0 aromatic heterocycles. The molecule has 3 aliphatic rings. The monoisotopic (exact) mass is 414 g/mol. The van der Waals surface area contributed by atoms with Crippen molar-refractivity contribution in [1.29, 1.82) is 0 Å². The molecule has 2 saturated heterocycles. The summed E-state index contributed by atoms with van der Waals surface area (Å²) in [6.07, 6.45) is 4.36. The summed E-state index contributed by atoms with van der Waals surface area (Å²) in [5, 5.41) is 0. The Hall–Kier alpha value is -1.96. The highest BCUT2D eigenvalue weighted by atomic mass is 16.5. The van der Waals surface area contributed by atoms with Gasteiger partial charge in [0, 0.05) is 44.8 Å². The average Bonchev–Trinajstić information content (AvgIpc) is 3.17. The van der Waals surface area contributed by atoms with Gasteiger partial charge in [-0.2, -0.15) is 0 Å². The van der Waals surface area contributed by atoms with Gasteiger partial charge in [0.15, 0.2) is 6.10 Å². The Kier molecular flexibility index (Phi) is 7.02. The van der Waals surface area contributed by atoms with Gasteiger partial charge in [0.05, 0.1) is 6.42 Å². The zero-order valence-corrected chi connectivity index (χ0v) is 17.9. The minimum absolute atomic E-state index is 0.0873. The van der Waals surface area contributed by atoms with Crippen LogP contribution in [0.5, 0.6) is 0 Å². The van der Waals surface area contributed by atoms with Gasteiger partial charge in [-0.05, 0) is 31.2 Å². The van der Waals surface area contributed by atoms with Crippen molar-refractivity contribution in [2.45, 2.75) is 63.8 Å². The highest BCUT2D eigenvalue weighted by Crippen LogP contribution is 2.31. The Bertz CT molecular complexity index is 720. The zero-order chi connectivity index (χ0) is 20.9. The molecule has 7 nitrogen and oxygen atoms in total. The van der Waals surface area contributed by atoms with Crippen molar-refractivity contribution in [2.24, 2.45) is 5.92 Å². The highest BCUT2D eigenvalue weighted by Gasteiger charge is 2.38. The summed E-state index contributed by atoms with van der Waals surface area (Å²) in [4.78, 5) is 29.4. The molecule has 1 amide bonds. The number of rotatable bonds is 6. The highest BCUT2D eigenvalue weighted by molar-refractivity contribution is 5.83. The third-order valence-electron chi connectivity index (χ3n) is 6.77. The van der Waals surface area contributed by atoms with Crippen LogP contribution >= 0.6 is 0 Å². The predicted molar refractivity (Wildman–Crippen MR) is 114 cm³/mol.